The van der Waals surface area contributed by atoms with Crippen molar-refractivity contribution in [3.8, 4) is 0 Å². The van der Waals surface area contributed by atoms with Crippen LogP contribution in [0.15, 0.2) is 0 Å². The van der Waals surface area contributed by atoms with Gasteiger partial charge in [-0.15, -0.1) is 0 Å². The standard InChI is InChI=1S/C9H21NO7P2/c1-8(2)5-7(6-9(3,4)10-8)16-19(14,15)17-18(11,12)13/h7,10H,5-6H2,1-4H3,(H,14,15)(H2,11,12,13). The molecule has 0 aromatic carbocycles. The molecule has 0 aromatic heterocycles. The molecule has 4 N–H and O–H groups in total. The van der Waals surface area contributed by atoms with Crippen molar-refractivity contribution < 1.29 is 32.6 Å². The van der Waals surface area contributed by atoms with Crippen molar-refractivity contribution in [1.29, 1.82) is 0 Å². The second-order valence-corrected chi connectivity index (χ2v) is 8.85. The van der Waals surface area contributed by atoms with Gasteiger partial charge in [-0.05, 0) is 40.5 Å². The van der Waals surface area contributed by atoms with Crippen molar-refractivity contribution in [3.05, 3.63) is 0 Å². The van der Waals surface area contributed by atoms with Gasteiger partial charge in [0.2, 0.25) is 0 Å². The van der Waals surface area contributed by atoms with E-state index in [2.05, 4.69) is 9.63 Å². The SMILES string of the molecule is CC1(C)CC(OP(=O)(O)OP(=O)(O)O)CC(C)(C)N1. The van der Waals surface area contributed by atoms with E-state index in [9.17, 15) is 14.0 Å². The number of rotatable bonds is 4. The minimum atomic E-state index is -5.07. The maximum Gasteiger partial charge on any atom is 0.481 e. The first-order chi connectivity index (χ1) is 8.20. The van der Waals surface area contributed by atoms with E-state index < -0.39 is 21.7 Å². The highest BCUT2D eigenvalue weighted by Crippen LogP contribution is 2.59. The quantitative estimate of drug-likeness (QED) is 0.575. The summed E-state index contributed by atoms with van der Waals surface area (Å²) in [5, 5.41) is 3.35. The molecule has 0 amide bonds. The molecule has 1 unspecified atom stereocenters. The first kappa shape index (κ1) is 17.3. The van der Waals surface area contributed by atoms with Crippen molar-refractivity contribution in [2.75, 3.05) is 0 Å². The average Bonchev–Trinajstić information content (AvgIpc) is 1.87. The first-order valence-electron chi connectivity index (χ1n) is 5.77. The number of hydrogen-bond acceptors (Lipinski definition) is 5. The fourth-order valence-corrected chi connectivity index (χ4v) is 4.40. The van der Waals surface area contributed by atoms with E-state index in [0.29, 0.717) is 12.8 Å². The molecule has 10 heteroatoms. The van der Waals surface area contributed by atoms with Gasteiger partial charge in [-0.2, -0.15) is 4.31 Å². The van der Waals surface area contributed by atoms with E-state index in [4.69, 9.17) is 14.3 Å². The highest BCUT2D eigenvalue weighted by Gasteiger charge is 2.42. The van der Waals surface area contributed by atoms with Crippen LogP contribution in [0.4, 0.5) is 0 Å². The van der Waals surface area contributed by atoms with Crippen molar-refractivity contribution in [3.63, 3.8) is 0 Å². The molecule has 114 valence electrons. The summed E-state index contributed by atoms with van der Waals surface area (Å²) in [7, 11) is -9.86. The molecule has 19 heavy (non-hydrogen) atoms. The number of nitrogens with one attached hydrogen (secondary N) is 1. The average molecular weight is 317 g/mol. The summed E-state index contributed by atoms with van der Waals surface area (Å²) in [6.07, 6.45) is 0.213. The molecule has 0 aromatic rings. The van der Waals surface area contributed by atoms with Gasteiger partial charge in [-0.25, -0.2) is 9.13 Å². The zero-order chi connectivity index (χ0) is 15.1. The number of phosphoric ester groups is 1. The Labute approximate surface area is 112 Å². The molecule has 1 aliphatic rings. The van der Waals surface area contributed by atoms with Crippen molar-refractivity contribution in [2.24, 2.45) is 0 Å². The summed E-state index contributed by atoms with van der Waals surface area (Å²) in [4.78, 5) is 26.4. The molecular formula is C9H21NO7P2. The summed E-state index contributed by atoms with van der Waals surface area (Å²) in [6, 6.07) is 0. The van der Waals surface area contributed by atoms with Crippen LogP contribution in [0.1, 0.15) is 40.5 Å². The summed E-state index contributed by atoms with van der Waals surface area (Å²) in [6.45, 7) is 7.65. The molecule has 1 atom stereocenters. The van der Waals surface area contributed by atoms with Crippen LogP contribution in [-0.4, -0.2) is 31.9 Å². The Balaban J connectivity index is 2.76. The van der Waals surface area contributed by atoms with Crippen molar-refractivity contribution in [2.45, 2.75) is 57.7 Å². The molecule has 1 aliphatic heterocycles. The Morgan fingerprint density at radius 2 is 1.47 bits per heavy atom. The van der Waals surface area contributed by atoms with Gasteiger partial charge >= 0.3 is 15.6 Å². The summed E-state index contributed by atoms with van der Waals surface area (Å²) in [5.41, 5.74) is -0.650. The van der Waals surface area contributed by atoms with Gasteiger partial charge in [0.05, 0.1) is 6.10 Å². The molecule has 1 saturated heterocycles. The molecule has 0 bridgehead atoms. The maximum absolute atomic E-state index is 11.5. The molecule has 0 aliphatic carbocycles. The van der Waals surface area contributed by atoms with E-state index in [-0.39, 0.29) is 11.1 Å². The van der Waals surface area contributed by atoms with Gasteiger partial charge in [0.25, 0.3) is 0 Å². The maximum atomic E-state index is 11.5. The molecule has 1 fully saturated rings. The smallest absolute Gasteiger partial charge is 0.307 e. The van der Waals surface area contributed by atoms with Crippen LogP contribution in [0.5, 0.6) is 0 Å². The molecular weight excluding hydrogens is 296 g/mol. The van der Waals surface area contributed by atoms with Crippen LogP contribution in [0.2, 0.25) is 0 Å². The predicted molar refractivity (Wildman–Crippen MR) is 68.4 cm³/mol. The minimum absolute atomic E-state index is 0.325. The van der Waals surface area contributed by atoms with Crippen LogP contribution in [0.3, 0.4) is 0 Å². The van der Waals surface area contributed by atoms with Gasteiger partial charge in [0.15, 0.2) is 0 Å². The lowest BCUT2D eigenvalue weighted by Crippen LogP contribution is -2.59. The normalized spacial score (nSPS) is 26.9. The molecule has 8 nitrogen and oxygen atoms in total. The Morgan fingerprint density at radius 1 is 1.05 bits per heavy atom. The third kappa shape index (κ3) is 6.47. The fourth-order valence-electron chi connectivity index (χ4n) is 2.65. The Morgan fingerprint density at radius 3 is 1.84 bits per heavy atom. The monoisotopic (exact) mass is 317 g/mol. The largest absolute Gasteiger partial charge is 0.481 e. The summed E-state index contributed by atoms with van der Waals surface area (Å²) < 4.78 is 30.8. The van der Waals surface area contributed by atoms with E-state index in [0.717, 1.165) is 0 Å². The van der Waals surface area contributed by atoms with E-state index in [1.54, 1.807) is 0 Å². The van der Waals surface area contributed by atoms with Crippen molar-refractivity contribution >= 4 is 15.6 Å². The van der Waals surface area contributed by atoms with Gasteiger partial charge in [0.1, 0.15) is 0 Å². The number of piperidine rings is 1. The highest BCUT2D eigenvalue weighted by molar-refractivity contribution is 7.60. The zero-order valence-corrected chi connectivity index (χ0v) is 13.1. The van der Waals surface area contributed by atoms with E-state index in [1.807, 2.05) is 27.7 Å². The van der Waals surface area contributed by atoms with Crippen LogP contribution in [0.25, 0.3) is 0 Å². The third-order valence-electron chi connectivity index (χ3n) is 2.64. The van der Waals surface area contributed by atoms with Crippen LogP contribution >= 0.6 is 15.6 Å². The third-order valence-corrected chi connectivity index (χ3v) is 4.89. The number of phosphoric acid groups is 2. The minimum Gasteiger partial charge on any atom is -0.307 e. The topological polar surface area (TPSA) is 125 Å². The van der Waals surface area contributed by atoms with Gasteiger partial charge in [-0.1, -0.05) is 0 Å². The molecule has 1 rings (SSSR count). The Bertz CT molecular complexity index is 414. The second kappa shape index (κ2) is 5.20. The zero-order valence-electron chi connectivity index (χ0n) is 11.4. The van der Waals surface area contributed by atoms with Crippen LogP contribution in [-0.2, 0) is 18.0 Å². The molecule has 0 radical (unpaired) electrons. The summed E-state index contributed by atoms with van der Waals surface area (Å²) in [5.74, 6) is 0. The van der Waals surface area contributed by atoms with Gasteiger partial charge in [0, 0.05) is 11.1 Å². The second-order valence-electron chi connectivity index (χ2n) is 6.07. The Kier molecular flexibility index (Phi) is 4.73. The van der Waals surface area contributed by atoms with Crippen LogP contribution in [0, 0.1) is 0 Å². The lowest BCUT2D eigenvalue weighted by molar-refractivity contribution is 0.0351. The van der Waals surface area contributed by atoms with E-state index in [1.165, 1.54) is 0 Å². The lowest BCUT2D eigenvalue weighted by Gasteiger charge is -2.46. The van der Waals surface area contributed by atoms with Gasteiger partial charge in [-0.3, -0.25) is 4.52 Å². The molecule has 1 heterocycles. The van der Waals surface area contributed by atoms with Gasteiger partial charge < -0.3 is 20.0 Å². The lowest BCUT2D eigenvalue weighted by atomic mass is 9.81. The predicted octanol–water partition coefficient (Wildman–Crippen LogP) is 1.52. The van der Waals surface area contributed by atoms with E-state index >= 15 is 0 Å². The summed E-state index contributed by atoms with van der Waals surface area (Å²) >= 11 is 0. The first-order valence-corrected chi connectivity index (χ1v) is 8.80. The van der Waals surface area contributed by atoms with Crippen LogP contribution < -0.4 is 5.32 Å². The fraction of sp³-hybridized carbons (Fsp3) is 1.00. The van der Waals surface area contributed by atoms with Crippen molar-refractivity contribution in [1.82, 2.24) is 5.32 Å². The Hall–Kier alpha value is 0.220. The molecule has 0 spiro atoms. The molecule has 0 saturated carbocycles. The highest BCUT2D eigenvalue weighted by atomic mass is 31.3. The number of hydrogen-bond donors (Lipinski definition) is 4.